The Morgan fingerprint density at radius 1 is 1.22 bits per heavy atom. The van der Waals surface area contributed by atoms with E-state index in [9.17, 15) is 0 Å². The van der Waals surface area contributed by atoms with Crippen LogP contribution in [0, 0.1) is 19.3 Å². The van der Waals surface area contributed by atoms with Crippen LogP contribution in [0.1, 0.15) is 31.9 Å². The van der Waals surface area contributed by atoms with Gasteiger partial charge in [0.25, 0.3) is 0 Å². The van der Waals surface area contributed by atoms with Gasteiger partial charge in [0.05, 0.1) is 11.9 Å². The summed E-state index contributed by atoms with van der Waals surface area (Å²) in [5.41, 5.74) is 4.22. The van der Waals surface area contributed by atoms with Gasteiger partial charge >= 0.3 is 0 Å². The monoisotopic (exact) mass is 244 g/mol. The van der Waals surface area contributed by atoms with E-state index in [0.29, 0.717) is 11.7 Å². The normalized spacial score (nSPS) is 11.1. The van der Waals surface area contributed by atoms with Gasteiger partial charge in [-0.3, -0.25) is 0 Å². The Bertz CT molecular complexity index is 509. The molecular formula is C15H20N2O. The topological polar surface area (TPSA) is 45.4 Å². The number of hydrogen-bond donors (Lipinski definition) is 1. The minimum Gasteiger partial charge on any atom is -0.442 e. The molecule has 0 amide bonds. The molecule has 0 spiro atoms. The zero-order chi connectivity index (χ0) is 13.7. The van der Waals surface area contributed by atoms with Crippen molar-refractivity contribution in [2.75, 3.05) is 0 Å². The largest absolute Gasteiger partial charge is 0.442 e. The molecule has 0 bridgehead atoms. The first-order valence-electron chi connectivity index (χ1n) is 5.93. The minimum absolute atomic E-state index is 0.543. The van der Waals surface area contributed by atoms with Gasteiger partial charge in [-0.05, 0) is 50.5 Å². The van der Waals surface area contributed by atoms with E-state index >= 15 is 0 Å². The van der Waals surface area contributed by atoms with Crippen molar-refractivity contribution < 1.29 is 4.74 Å². The van der Waals surface area contributed by atoms with Crippen LogP contribution in [0.3, 0.4) is 0 Å². The van der Waals surface area contributed by atoms with E-state index in [1.54, 1.807) is 6.92 Å². The van der Waals surface area contributed by atoms with Crippen molar-refractivity contribution in [3.8, 4) is 0 Å². The van der Waals surface area contributed by atoms with E-state index in [2.05, 4.69) is 18.0 Å². The highest BCUT2D eigenvalue weighted by Crippen LogP contribution is 2.21. The molecule has 1 aromatic rings. The number of allylic oxidation sites excluding steroid dienone is 2. The third kappa shape index (κ3) is 3.55. The summed E-state index contributed by atoms with van der Waals surface area (Å²) in [5, 5.41) is 7.28. The lowest BCUT2D eigenvalue weighted by Crippen LogP contribution is -2.02. The van der Waals surface area contributed by atoms with Crippen molar-refractivity contribution in [2.24, 2.45) is 4.99 Å². The standard InChI is InChI=1S/C15H20N2O/c1-10(2)15(9-16)18-13(5)17-14-8-6-7-11(3)12(14)4/h6-9,16H,1-5H3/b16-9?,17-13+. The van der Waals surface area contributed by atoms with Crippen molar-refractivity contribution in [2.45, 2.75) is 34.6 Å². The predicted octanol–water partition coefficient (Wildman–Crippen LogP) is 4.31. The predicted molar refractivity (Wildman–Crippen MR) is 76.9 cm³/mol. The number of nitrogens with one attached hydrogen (secondary N) is 1. The van der Waals surface area contributed by atoms with Crippen LogP contribution >= 0.6 is 0 Å². The van der Waals surface area contributed by atoms with E-state index in [1.165, 1.54) is 11.8 Å². The second-order valence-electron chi connectivity index (χ2n) is 4.46. The Labute approximate surface area is 109 Å². The van der Waals surface area contributed by atoms with Crippen LogP contribution in [0.15, 0.2) is 34.5 Å². The van der Waals surface area contributed by atoms with E-state index < -0.39 is 0 Å². The van der Waals surface area contributed by atoms with Crippen LogP contribution < -0.4 is 0 Å². The summed E-state index contributed by atoms with van der Waals surface area (Å²) in [7, 11) is 0. The van der Waals surface area contributed by atoms with Gasteiger partial charge in [-0.15, -0.1) is 0 Å². The van der Waals surface area contributed by atoms with Crippen LogP contribution in [0.25, 0.3) is 0 Å². The molecule has 0 aromatic heterocycles. The summed E-state index contributed by atoms with van der Waals surface area (Å²) in [6, 6.07) is 6.00. The van der Waals surface area contributed by atoms with Crippen molar-refractivity contribution >= 4 is 17.8 Å². The quantitative estimate of drug-likeness (QED) is 0.480. The average Bonchev–Trinajstić information content (AvgIpc) is 2.31. The molecule has 0 aliphatic rings. The van der Waals surface area contributed by atoms with Crippen LogP contribution in [0.4, 0.5) is 5.69 Å². The maximum atomic E-state index is 7.28. The van der Waals surface area contributed by atoms with Gasteiger partial charge in [-0.2, -0.15) is 0 Å². The fraction of sp³-hybridized carbons (Fsp3) is 0.333. The highest BCUT2D eigenvalue weighted by Gasteiger charge is 2.03. The molecule has 0 fully saturated rings. The molecule has 1 aromatic carbocycles. The molecule has 0 heterocycles. The molecule has 0 saturated carbocycles. The van der Waals surface area contributed by atoms with Crippen molar-refractivity contribution in [3.05, 3.63) is 40.7 Å². The smallest absolute Gasteiger partial charge is 0.192 e. The van der Waals surface area contributed by atoms with Crippen LogP contribution in [0.5, 0.6) is 0 Å². The van der Waals surface area contributed by atoms with Crippen molar-refractivity contribution in [3.63, 3.8) is 0 Å². The highest BCUT2D eigenvalue weighted by molar-refractivity contribution is 5.84. The lowest BCUT2D eigenvalue weighted by molar-refractivity contribution is 0.437. The number of hydrogen-bond acceptors (Lipinski definition) is 3. The lowest BCUT2D eigenvalue weighted by Gasteiger charge is -2.08. The molecule has 0 atom stereocenters. The maximum absolute atomic E-state index is 7.28. The fourth-order valence-corrected chi connectivity index (χ4v) is 1.48. The van der Waals surface area contributed by atoms with Crippen LogP contribution in [-0.2, 0) is 4.74 Å². The third-order valence-electron chi connectivity index (χ3n) is 2.74. The minimum atomic E-state index is 0.543. The number of ether oxygens (including phenoxy) is 1. The Kier molecular flexibility index (Phi) is 4.84. The van der Waals surface area contributed by atoms with Crippen LogP contribution in [0.2, 0.25) is 0 Å². The number of aryl methyl sites for hydroxylation is 1. The lowest BCUT2D eigenvalue weighted by atomic mass is 10.1. The Hall–Kier alpha value is -1.90. The number of aliphatic imine (C=N–C) groups is 1. The zero-order valence-electron chi connectivity index (χ0n) is 11.7. The molecule has 0 saturated heterocycles. The zero-order valence-corrected chi connectivity index (χ0v) is 11.7. The second-order valence-corrected chi connectivity index (χ2v) is 4.46. The Morgan fingerprint density at radius 3 is 2.44 bits per heavy atom. The summed E-state index contributed by atoms with van der Waals surface area (Å²) in [6.45, 7) is 9.72. The molecule has 3 nitrogen and oxygen atoms in total. The van der Waals surface area contributed by atoms with Gasteiger partial charge in [0.2, 0.25) is 0 Å². The molecule has 3 heteroatoms. The number of nitrogens with zero attached hydrogens (tertiary/aromatic N) is 1. The average molecular weight is 244 g/mol. The van der Waals surface area contributed by atoms with Crippen LogP contribution in [-0.4, -0.2) is 12.1 Å². The molecule has 1 rings (SSSR count). The van der Waals surface area contributed by atoms with E-state index in [-0.39, 0.29) is 0 Å². The van der Waals surface area contributed by atoms with Gasteiger partial charge in [0.15, 0.2) is 5.90 Å². The SMILES string of the molecule is CC(C)=C(C=N)O/C(C)=N/c1cccc(C)c1C. The van der Waals surface area contributed by atoms with Crippen molar-refractivity contribution in [1.82, 2.24) is 0 Å². The van der Waals surface area contributed by atoms with Gasteiger partial charge in [-0.1, -0.05) is 12.1 Å². The first-order valence-corrected chi connectivity index (χ1v) is 5.93. The molecule has 18 heavy (non-hydrogen) atoms. The first kappa shape index (κ1) is 14.2. The number of rotatable bonds is 3. The molecule has 0 unspecified atom stereocenters. The maximum Gasteiger partial charge on any atom is 0.192 e. The summed E-state index contributed by atoms with van der Waals surface area (Å²) in [6.07, 6.45) is 1.21. The number of benzene rings is 1. The summed E-state index contributed by atoms with van der Waals surface area (Å²) >= 11 is 0. The van der Waals surface area contributed by atoms with Gasteiger partial charge in [-0.25, -0.2) is 4.99 Å². The summed E-state index contributed by atoms with van der Waals surface area (Å²) in [4.78, 5) is 4.45. The van der Waals surface area contributed by atoms with Gasteiger partial charge < -0.3 is 10.1 Å². The Balaban J connectivity index is 3.00. The molecule has 0 aliphatic carbocycles. The summed E-state index contributed by atoms with van der Waals surface area (Å²) < 4.78 is 5.55. The second kappa shape index (κ2) is 6.15. The molecule has 0 radical (unpaired) electrons. The summed E-state index contributed by atoms with van der Waals surface area (Å²) in [5.74, 6) is 1.09. The molecular weight excluding hydrogens is 224 g/mol. The first-order chi connectivity index (χ1) is 8.45. The van der Waals surface area contributed by atoms with E-state index in [0.717, 1.165) is 16.8 Å². The van der Waals surface area contributed by atoms with Gasteiger partial charge in [0, 0.05) is 6.92 Å². The third-order valence-corrected chi connectivity index (χ3v) is 2.74. The van der Waals surface area contributed by atoms with E-state index in [4.69, 9.17) is 10.1 Å². The Morgan fingerprint density at radius 2 is 1.89 bits per heavy atom. The van der Waals surface area contributed by atoms with Crippen molar-refractivity contribution in [1.29, 1.82) is 5.41 Å². The molecule has 1 N–H and O–H groups in total. The fourth-order valence-electron chi connectivity index (χ4n) is 1.48. The van der Waals surface area contributed by atoms with Gasteiger partial charge in [0.1, 0.15) is 5.76 Å². The van der Waals surface area contributed by atoms with E-state index in [1.807, 2.05) is 32.9 Å². The highest BCUT2D eigenvalue weighted by atomic mass is 16.5. The molecule has 96 valence electrons. The molecule has 0 aliphatic heterocycles.